The lowest BCUT2D eigenvalue weighted by Crippen LogP contribution is -2.25. The molecule has 0 saturated carbocycles. The Kier molecular flexibility index (Phi) is 3.93. The Labute approximate surface area is 94.9 Å². The number of nitrogens with one attached hydrogen (secondary N) is 1. The lowest BCUT2D eigenvalue weighted by atomic mass is 10.3. The fraction of sp³-hybridized carbons (Fsp3) is 0.444. The van der Waals surface area contributed by atoms with Crippen molar-refractivity contribution in [2.75, 3.05) is 12.3 Å². The van der Waals surface area contributed by atoms with Gasteiger partial charge in [0.05, 0.1) is 0 Å². The fourth-order valence-corrected chi connectivity index (χ4v) is 2.34. The van der Waals surface area contributed by atoms with Gasteiger partial charge in [-0.05, 0) is 6.42 Å². The third kappa shape index (κ3) is 2.98. The zero-order valence-electron chi connectivity index (χ0n) is 8.97. The van der Waals surface area contributed by atoms with E-state index >= 15 is 0 Å². The second-order valence-electron chi connectivity index (χ2n) is 3.26. The molecular weight excluding hydrogens is 228 g/mol. The van der Waals surface area contributed by atoms with Crippen molar-refractivity contribution in [2.24, 2.45) is 7.05 Å². The molecule has 3 N–H and O–H groups in total. The standard InChI is InChI=1S/C9H14N4O2S/c1-3-4-5-6-11-16(14,15)8-7-13(2)12-9(8)10/h1,7,11H,4-6H2,2H3,(H2,10,12). The van der Waals surface area contributed by atoms with Crippen LogP contribution in [0, 0.1) is 12.3 Å². The van der Waals surface area contributed by atoms with E-state index in [0.717, 1.165) is 0 Å². The molecule has 0 fully saturated rings. The summed E-state index contributed by atoms with van der Waals surface area (Å²) in [4.78, 5) is -0.00397. The molecule has 16 heavy (non-hydrogen) atoms. The van der Waals surface area contributed by atoms with Gasteiger partial charge in [0, 0.05) is 26.2 Å². The average molecular weight is 242 g/mol. The molecule has 1 aromatic rings. The molecule has 0 atom stereocenters. The predicted molar refractivity (Wildman–Crippen MR) is 60.9 cm³/mol. The summed E-state index contributed by atoms with van der Waals surface area (Å²) in [6.07, 6.45) is 7.54. The number of nitrogens with zero attached hydrogens (tertiary/aromatic N) is 2. The van der Waals surface area contributed by atoms with E-state index in [1.807, 2.05) is 0 Å². The van der Waals surface area contributed by atoms with Gasteiger partial charge in [-0.1, -0.05) is 0 Å². The van der Waals surface area contributed by atoms with Crippen molar-refractivity contribution in [3.05, 3.63) is 6.20 Å². The summed E-state index contributed by atoms with van der Waals surface area (Å²) >= 11 is 0. The number of nitrogens with two attached hydrogens (primary N) is 1. The first-order chi connectivity index (χ1) is 7.47. The summed E-state index contributed by atoms with van der Waals surface area (Å²) in [5, 5.41) is 3.76. The molecule has 0 aromatic carbocycles. The topological polar surface area (TPSA) is 90.0 Å². The smallest absolute Gasteiger partial charge is 0.245 e. The fourth-order valence-electron chi connectivity index (χ4n) is 1.17. The van der Waals surface area contributed by atoms with Gasteiger partial charge in [0.25, 0.3) is 0 Å². The molecule has 1 rings (SSSR count). The third-order valence-electron chi connectivity index (χ3n) is 1.90. The first-order valence-electron chi connectivity index (χ1n) is 4.69. The molecular formula is C9H14N4O2S. The second-order valence-corrected chi connectivity index (χ2v) is 4.99. The van der Waals surface area contributed by atoms with Crippen LogP contribution < -0.4 is 10.5 Å². The summed E-state index contributed by atoms with van der Waals surface area (Å²) in [7, 11) is -1.97. The summed E-state index contributed by atoms with van der Waals surface area (Å²) in [6.45, 7) is 0.293. The van der Waals surface area contributed by atoms with E-state index in [0.29, 0.717) is 19.4 Å². The highest BCUT2D eigenvalue weighted by Gasteiger charge is 2.19. The Morgan fingerprint density at radius 3 is 2.88 bits per heavy atom. The van der Waals surface area contributed by atoms with E-state index < -0.39 is 10.0 Å². The van der Waals surface area contributed by atoms with E-state index in [4.69, 9.17) is 12.2 Å². The number of hydrogen-bond donors (Lipinski definition) is 2. The monoisotopic (exact) mass is 242 g/mol. The van der Waals surface area contributed by atoms with Gasteiger partial charge in [-0.2, -0.15) is 5.10 Å². The number of anilines is 1. The summed E-state index contributed by atoms with van der Waals surface area (Å²) < 4.78 is 27.2. The minimum absolute atomic E-state index is 0.00397. The largest absolute Gasteiger partial charge is 0.381 e. The Balaban J connectivity index is 2.72. The molecule has 1 heterocycles. The lowest BCUT2D eigenvalue weighted by molar-refractivity contribution is 0.580. The van der Waals surface area contributed by atoms with E-state index in [9.17, 15) is 8.42 Å². The van der Waals surface area contributed by atoms with Gasteiger partial charge >= 0.3 is 0 Å². The molecule has 88 valence electrons. The molecule has 0 aliphatic heterocycles. The van der Waals surface area contributed by atoms with Gasteiger partial charge in [-0.3, -0.25) is 4.68 Å². The Morgan fingerprint density at radius 2 is 2.38 bits per heavy atom. The van der Waals surface area contributed by atoms with Crippen LogP contribution in [0.15, 0.2) is 11.1 Å². The molecule has 0 radical (unpaired) electrons. The number of rotatable bonds is 5. The van der Waals surface area contributed by atoms with Crippen LogP contribution in [-0.2, 0) is 17.1 Å². The maximum absolute atomic E-state index is 11.7. The SMILES string of the molecule is C#CCCCNS(=O)(=O)c1cn(C)nc1N. The summed E-state index contributed by atoms with van der Waals surface area (Å²) in [5.41, 5.74) is 5.47. The Morgan fingerprint density at radius 1 is 1.69 bits per heavy atom. The summed E-state index contributed by atoms with van der Waals surface area (Å²) in [5.74, 6) is 2.43. The Hall–Kier alpha value is -1.52. The number of sulfonamides is 1. The molecule has 0 aliphatic carbocycles. The van der Waals surface area contributed by atoms with Crippen LogP contribution in [0.5, 0.6) is 0 Å². The molecule has 7 heteroatoms. The first-order valence-corrected chi connectivity index (χ1v) is 6.18. The molecule has 6 nitrogen and oxygen atoms in total. The van der Waals surface area contributed by atoms with Crippen LogP contribution in [0.1, 0.15) is 12.8 Å². The highest BCUT2D eigenvalue weighted by molar-refractivity contribution is 7.89. The van der Waals surface area contributed by atoms with Crippen molar-refractivity contribution < 1.29 is 8.42 Å². The van der Waals surface area contributed by atoms with Crippen molar-refractivity contribution in [1.82, 2.24) is 14.5 Å². The third-order valence-corrected chi connectivity index (χ3v) is 3.38. The molecule has 0 aliphatic rings. The van der Waals surface area contributed by atoms with Gasteiger partial charge in [-0.15, -0.1) is 12.3 Å². The van der Waals surface area contributed by atoms with Crippen molar-refractivity contribution in [1.29, 1.82) is 0 Å². The first kappa shape index (κ1) is 12.5. The molecule has 0 unspecified atom stereocenters. The number of nitrogen functional groups attached to an aromatic ring is 1. The van der Waals surface area contributed by atoms with Gasteiger partial charge in [0.2, 0.25) is 10.0 Å². The second kappa shape index (κ2) is 5.01. The number of hydrogen-bond acceptors (Lipinski definition) is 4. The van der Waals surface area contributed by atoms with Crippen molar-refractivity contribution in [2.45, 2.75) is 17.7 Å². The maximum Gasteiger partial charge on any atom is 0.245 e. The van der Waals surface area contributed by atoms with Crippen molar-refractivity contribution in [3.8, 4) is 12.3 Å². The maximum atomic E-state index is 11.7. The number of aromatic nitrogens is 2. The van der Waals surface area contributed by atoms with Crippen LogP contribution in [0.25, 0.3) is 0 Å². The van der Waals surface area contributed by atoms with Crippen LogP contribution >= 0.6 is 0 Å². The highest BCUT2D eigenvalue weighted by atomic mass is 32.2. The molecule has 0 amide bonds. The quantitative estimate of drug-likeness (QED) is 0.547. The molecule has 1 aromatic heterocycles. The zero-order valence-corrected chi connectivity index (χ0v) is 9.79. The van der Waals surface area contributed by atoms with Crippen LogP contribution in [0.3, 0.4) is 0 Å². The van der Waals surface area contributed by atoms with E-state index in [2.05, 4.69) is 15.7 Å². The van der Waals surface area contributed by atoms with Crippen molar-refractivity contribution >= 4 is 15.8 Å². The van der Waals surface area contributed by atoms with Gasteiger partial charge in [0.1, 0.15) is 4.90 Å². The normalized spacial score (nSPS) is 11.2. The molecule has 0 saturated heterocycles. The van der Waals surface area contributed by atoms with E-state index in [-0.39, 0.29) is 10.7 Å². The lowest BCUT2D eigenvalue weighted by Gasteiger charge is -2.03. The van der Waals surface area contributed by atoms with E-state index in [1.54, 1.807) is 7.05 Å². The van der Waals surface area contributed by atoms with Gasteiger partial charge in [-0.25, -0.2) is 13.1 Å². The van der Waals surface area contributed by atoms with Crippen LogP contribution in [0.4, 0.5) is 5.82 Å². The number of terminal acetylenes is 1. The van der Waals surface area contributed by atoms with Crippen LogP contribution in [0.2, 0.25) is 0 Å². The van der Waals surface area contributed by atoms with Crippen molar-refractivity contribution in [3.63, 3.8) is 0 Å². The van der Waals surface area contributed by atoms with E-state index in [1.165, 1.54) is 10.9 Å². The Bertz CT molecular complexity index is 498. The van der Waals surface area contributed by atoms with Crippen LogP contribution in [-0.4, -0.2) is 24.7 Å². The molecule has 0 bridgehead atoms. The minimum Gasteiger partial charge on any atom is -0.381 e. The average Bonchev–Trinajstić information content (AvgIpc) is 2.53. The predicted octanol–water partition coefficient (Wildman–Crippen LogP) is -0.306. The minimum atomic E-state index is -3.58. The summed E-state index contributed by atoms with van der Waals surface area (Å²) in [6, 6.07) is 0. The zero-order chi connectivity index (χ0) is 12.2. The van der Waals surface area contributed by atoms with Gasteiger partial charge < -0.3 is 5.73 Å². The number of unbranched alkanes of at least 4 members (excludes halogenated alkanes) is 1. The molecule has 0 spiro atoms. The highest BCUT2D eigenvalue weighted by Crippen LogP contribution is 2.14. The van der Waals surface area contributed by atoms with Gasteiger partial charge in [0.15, 0.2) is 5.82 Å². The number of aryl methyl sites for hydroxylation is 1.